The summed E-state index contributed by atoms with van der Waals surface area (Å²) in [6, 6.07) is 14.7. The molecule has 3 heteroatoms. The number of halogens is 1. The number of benzene rings is 2. The van der Waals surface area contributed by atoms with Crippen LogP contribution in [0.15, 0.2) is 42.5 Å². The Labute approximate surface area is 124 Å². The summed E-state index contributed by atoms with van der Waals surface area (Å²) in [5, 5.41) is 0.724. The summed E-state index contributed by atoms with van der Waals surface area (Å²) < 4.78 is 2.26. The average Bonchev–Trinajstić information content (AvgIpc) is 2.77. The van der Waals surface area contributed by atoms with Crippen molar-refractivity contribution in [1.29, 1.82) is 0 Å². The van der Waals surface area contributed by atoms with Crippen molar-refractivity contribution in [3.05, 3.63) is 53.1 Å². The van der Waals surface area contributed by atoms with Gasteiger partial charge >= 0.3 is 0 Å². The first-order valence-corrected chi connectivity index (χ1v) is 7.18. The van der Waals surface area contributed by atoms with E-state index in [0.29, 0.717) is 6.04 Å². The van der Waals surface area contributed by atoms with E-state index in [9.17, 15) is 0 Å². The zero-order valence-electron chi connectivity index (χ0n) is 11.9. The van der Waals surface area contributed by atoms with Gasteiger partial charge in [-0.2, -0.15) is 0 Å². The van der Waals surface area contributed by atoms with Crippen molar-refractivity contribution in [3.63, 3.8) is 0 Å². The minimum Gasteiger partial charge on any atom is -0.321 e. The third-order valence-electron chi connectivity index (χ3n) is 3.44. The molecule has 0 aliphatic heterocycles. The summed E-state index contributed by atoms with van der Waals surface area (Å²) in [6.07, 6.45) is 0. The summed E-state index contributed by atoms with van der Waals surface area (Å²) in [7, 11) is 0. The van der Waals surface area contributed by atoms with Gasteiger partial charge < -0.3 is 4.57 Å². The van der Waals surface area contributed by atoms with Gasteiger partial charge in [-0.15, -0.1) is 0 Å². The molecule has 0 atom stereocenters. The third kappa shape index (κ3) is 2.20. The van der Waals surface area contributed by atoms with Crippen LogP contribution in [0.1, 0.15) is 25.5 Å². The monoisotopic (exact) mass is 284 g/mol. The number of rotatable bonds is 2. The fourth-order valence-corrected chi connectivity index (χ4v) is 2.75. The highest BCUT2D eigenvalue weighted by Gasteiger charge is 2.15. The van der Waals surface area contributed by atoms with Gasteiger partial charge in [-0.1, -0.05) is 35.4 Å². The van der Waals surface area contributed by atoms with Crippen LogP contribution in [-0.2, 0) is 0 Å². The van der Waals surface area contributed by atoms with Crippen LogP contribution >= 0.6 is 11.6 Å². The normalized spacial score (nSPS) is 11.4. The van der Waals surface area contributed by atoms with Crippen molar-refractivity contribution < 1.29 is 0 Å². The van der Waals surface area contributed by atoms with E-state index in [1.165, 1.54) is 5.56 Å². The SMILES string of the molecule is Cc1cccc(-c2nc3cc(Cl)ccc3n2C(C)C)c1. The van der Waals surface area contributed by atoms with E-state index in [-0.39, 0.29) is 0 Å². The van der Waals surface area contributed by atoms with Crippen LogP contribution in [0.25, 0.3) is 22.4 Å². The fourth-order valence-electron chi connectivity index (χ4n) is 2.58. The van der Waals surface area contributed by atoms with E-state index < -0.39 is 0 Å². The number of aryl methyl sites for hydroxylation is 1. The largest absolute Gasteiger partial charge is 0.321 e. The maximum Gasteiger partial charge on any atom is 0.141 e. The Morgan fingerprint density at radius 3 is 2.60 bits per heavy atom. The molecule has 102 valence electrons. The number of hydrogen-bond acceptors (Lipinski definition) is 1. The van der Waals surface area contributed by atoms with E-state index in [1.54, 1.807) is 0 Å². The van der Waals surface area contributed by atoms with Gasteiger partial charge in [0, 0.05) is 16.6 Å². The maximum absolute atomic E-state index is 6.08. The second-order valence-electron chi connectivity index (χ2n) is 5.40. The summed E-state index contributed by atoms with van der Waals surface area (Å²) >= 11 is 6.08. The summed E-state index contributed by atoms with van der Waals surface area (Å²) in [4.78, 5) is 4.78. The van der Waals surface area contributed by atoms with Crippen LogP contribution in [0.2, 0.25) is 5.02 Å². The molecule has 3 aromatic rings. The van der Waals surface area contributed by atoms with Crippen molar-refractivity contribution >= 4 is 22.6 Å². The second-order valence-corrected chi connectivity index (χ2v) is 5.84. The highest BCUT2D eigenvalue weighted by molar-refractivity contribution is 6.31. The first-order chi connectivity index (χ1) is 9.56. The molecule has 0 radical (unpaired) electrons. The zero-order valence-corrected chi connectivity index (χ0v) is 12.6. The Hall–Kier alpha value is -1.80. The molecule has 2 nitrogen and oxygen atoms in total. The van der Waals surface area contributed by atoms with Crippen molar-refractivity contribution in [2.45, 2.75) is 26.8 Å². The van der Waals surface area contributed by atoms with Crippen LogP contribution in [0.4, 0.5) is 0 Å². The number of hydrogen-bond donors (Lipinski definition) is 0. The maximum atomic E-state index is 6.08. The predicted octanol–water partition coefficient (Wildman–Crippen LogP) is 5.25. The number of aromatic nitrogens is 2. The van der Waals surface area contributed by atoms with E-state index >= 15 is 0 Å². The molecule has 0 aliphatic carbocycles. The topological polar surface area (TPSA) is 17.8 Å². The Balaban J connectivity index is 2.32. The van der Waals surface area contributed by atoms with Crippen LogP contribution in [0, 0.1) is 6.92 Å². The van der Waals surface area contributed by atoms with Crippen LogP contribution < -0.4 is 0 Å². The Morgan fingerprint density at radius 2 is 1.90 bits per heavy atom. The van der Waals surface area contributed by atoms with E-state index in [2.05, 4.69) is 49.6 Å². The van der Waals surface area contributed by atoms with Crippen LogP contribution in [-0.4, -0.2) is 9.55 Å². The quantitative estimate of drug-likeness (QED) is 0.629. The van der Waals surface area contributed by atoms with Gasteiger partial charge in [-0.25, -0.2) is 4.98 Å². The average molecular weight is 285 g/mol. The van der Waals surface area contributed by atoms with Gasteiger partial charge in [0.15, 0.2) is 0 Å². The van der Waals surface area contributed by atoms with Crippen molar-refractivity contribution in [2.24, 2.45) is 0 Å². The first-order valence-electron chi connectivity index (χ1n) is 6.81. The Morgan fingerprint density at radius 1 is 1.10 bits per heavy atom. The standard InChI is InChI=1S/C17H17ClN2/c1-11(2)20-16-8-7-14(18)10-15(16)19-17(20)13-6-4-5-12(3)9-13/h4-11H,1-3H3. The molecule has 1 aromatic heterocycles. The summed E-state index contributed by atoms with van der Waals surface area (Å²) in [6.45, 7) is 6.45. The van der Waals surface area contributed by atoms with E-state index in [1.807, 2.05) is 18.2 Å². The molecule has 20 heavy (non-hydrogen) atoms. The smallest absolute Gasteiger partial charge is 0.141 e. The lowest BCUT2D eigenvalue weighted by Gasteiger charge is -2.13. The van der Waals surface area contributed by atoms with Gasteiger partial charge in [0.05, 0.1) is 11.0 Å². The van der Waals surface area contributed by atoms with Crippen LogP contribution in [0.5, 0.6) is 0 Å². The Kier molecular flexibility index (Phi) is 3.27. The van der Waals surface area contributed by atoms with E-state index in [0.717, 1.165) is 27.4 Å². The number of imidazole rings is 1. The highest BCUT2D eigenvalue weighted by atomic mass is 35.5. The minimum atomic E-state index is 0.344. The second kappa shape index (κ2) is 4.95. The van der Waals surface area contributed by atoms with Crippen molar-refractivity contribution in [1.82, 2.24) is 9.55 Å². The lowest BCUT2D eigenvalue weighted by molar-refractivity contribution is 0.624. The molecule has 0 fully saturated rings. The molecule has 0 N–H and O–H groups in total. The lowest BCUT2D eigenvalue weighted by Crippen LogP contribution is -2.03. The predicted molar refractivity (Wildman–Crippen MR) is 85.3 cm³/mol. The van der Waals surface area contributed by atoms with Gasteiger partial charge in [0.1, 0.15) is 5.82 Å². The van der Waals surface area contributed by atoms with Crippen LogP contribution in [0.3, 0.4) is 0 Å². The number of fused-ring (bicyclic) bond motifs is 1. The Bertz CT molecular complexity index is 772. The third-order valence-corrected chi connectivity index (χ3v) is 3.68. The molecule has 0 saturated heterocycles. The minimum absolute atomic E-state index is 0.344. The van der Waals surface area contributed by atoms with Gasteiger partial charge in [0.25, 0.3) is 0 Å². The molecule has 1 heterocycles. The first kappa shape index (κ1) is 13.2. The molecule has 0 spiro atoms. The van der Waals surface area contributed by atoms with Gasteiger partial charge in [0.2, 0.25) is 0 Å². The summed E-state index contributed by atoms with van der Waals surface area (Å²) in [5.74, 6) is 1.00. The lowest BCUT2D eigenvalue weighted by atomic mass is 10.1. The van der Waals surface area contributed by atoms with Crippen molar-refractivity contribution in [3.8, 4) is 11.4 Å². The molecule has 0 amide bonds. The molecule has 0 bridgehead atoms. The van der Waals surface area contributed by atoms with Gasteiger partial charge in [-0.3, -0.25) is 0 Å². The molecule has 2 aromatic carbocycles. The zero-order chi connectivity index (χ0) is 14.3. The molecule has 3 rings (SSSR count). The molecule has 0 aliphatic rings. The number of nitrogens with zero attached hydrogens (tertiary/aromatic N) is 2. The molecular formula is C17H17ClN2. The fraction of sp³-hybridized carbons (Fsp3) is 0.235. The summed E-state index contributed by atoms with van der Waals surface area (Å²) in [5.41, 5.74) is 4.46. The molecular weight excluding hydrogens is 268 g/mol. The van der Waals surface area contributed by atoms with Gasteiger partial charge in [-0.05, 0) is 45.0 Å². The molecule has 0 saturated carbocycles. The van der Waals surface area contributed by atoms with Crippen molar-refractivity contribution in [2.75, 3.05) is 0 Å². The highest BCUT2D eigenvalue weighted by Crippen LogP contribution is 2.30. The molecule has 0 unspecified atom stereocenters. The van der Waals surface area contributed by atoms with E-state index in [4.69, 9.17) is 16.6 Å².